The summed E-state index contributed by atoms with van der Waals surface area (Å²) < 4.78 is 15.8. The van der Waals surface area contributed by atoms with Crippen molar-refractivity contribution in [2.45, 2.75) is 12.8 Å². The van der Waals surface area contributed by atoms with Crippen molar-refractivity contribution in [1.82, 2.24) is 10.2 Å². The zero-order valence-corrected chi connectivity index (χ0v) is 11.1. The number of aromatic nitrogens is 2. The van der Waals surface area contributed by atoms with Gasteiger partial charge in [-0.2, -0.15) is 0 Å². The van der Waals surface area contributed by atoms with Crippen molar-refractivity contribution in [3.05, 3.63) is 24.1 Å². The Morgan fingerprint density at radius 1 is 1.30 bits per heavy atom. The Bertz CT molecular complexity index is 609. The quantitative estimate of drug-likeness (QED) is 0.860. The molecule has 0 saturated carbocycles. The number of carboxylic acids is 1. The Kier molecular flexibility index (Phi) is 4.19. The molecule has 0 amide bonds. The molecule has 0 atom stereocenters. The first-order chi connectivity index (χ1) is 9.63. The fourth-order valence-corrected chi connectivity index (χ4v) is 1.65. The number of carboxylic acid groups (broad SMARTS) is 1. The van der Waals surface area contributed by atoms with Crippen LogP contribution < -0.4 is 9.47 Å². The number of benzene rings is 1. The molecule has 7 heteroatoms. The van der Waals surface area contributed by atoms with Gasteiger partial charge in [0, 0.05) is 12.5 Å². The van der Waals surface area contributed by atoms with Gasteiger partial charge in [-0.15, -0.1) is 10.2 Å². The van der Waals surface area contributed by atoms with Crippen LogP contribution in [0.15, 0.2) is 22.6 Å². The van der Waals surface area contributed by atoms with Crippen LogP contribution in [0.25, 0.3) is 11.5 Å². The zero-order chi connectivity index (χ0) is 14.5. The molecule has 0 unspecified atom stereocenters. The summed E-state index contributed by atoms with van der Waals surface area (Å²) in [5, 5.41) is 16.3. The fourth-order valence-electron chi connectivity index (χ4n) is 1.65. The maximum atomic E-state index is 10.5. The third-order valence-electron chi connectivity index (χ3n) is 2.66. The zero-order valence-electron chi connectivity index (χ0n) is 11.1. The van der Waals surface area contributed by atoms with Gasteiger partial charge in [-0.25, -0.2) is 0 Å². The van der Waals surface area contributed by atoms with Crippen molar-refractivity contribution in [3.63, 3.8) is 0 Å². The highest BCUT2D eigenvalue weighted by molar-refractivity contribution is 5.67. The monoisotopic (exact) mass is 278 g/mol. The summed E-state index contributed by atoms with van der Waals surface area (Å²) in [5.41, 5.74) is 0.627. The number of nitrogens with zero attached hydrogens (tertiary/aromatic N) is 2. The van der Waals surface area contributed by atoms with Gasteiger partial charge in [-0.1, -0.05) is 0 Å². The molecule has 0 spiro atoms. The van der Waals surface area contributed by atoms with Crippen molar-refractivity contribution in [1.29, 1.82) is 0 Å². The molecule has 0 fully saturated rings. The lowest BCUT2D eigenvalue weighted by Crippen LogP contribution is -1.97. The summed E-state index contributed by atoms with van der Waals surface area (Å²) in [7, 11) is 3.09. The number of aliphatic carboxylic acids is 1. The molecule has 0 saturated heterocycles. The maximum absolute atomic E-state index is 10.5. The standard InChI is InChI=1S/C13H14N2O5/c1-18-8-3-4-9(10(7-8)19-2)13-15-14-11(20-13)5-6-12(16)17/h3-4,7H,5-6H2,1-2H3,(H,16,17). The lowest BCUT2D eigenvalue weighted by molar-refractivity contribution is -0.137. The van der Waals surface area contributed by atoms with Crippen molar-refractivity contribution in [2.24, 2.45) is 0 Å². The van der Waals surface area contributed by atoms with Crippen LogP contribution in [0.2, 0.25) is 0 Å². The van der Waals surface area contributed by atoms with Crippen LogP contribution >= 0.6 is 0 Å². The first kappa shape index (κ1) is 13.9. The minimum Gasteiger partial charge on any atom is -0.497 e. The normalized spacial score (nSPS) is 10.3. The number of hydrogen-bond donors (Lipinski definition) is 1. The van der Waals surface area contributed by atoms with Crippen molar-refractivity contribution < 1.29 is 23.8 Å². The SMILES string of the molecule is COc1ccc(-c2nnc(CCC(=O)O)o2)c(OC)c1. The van der Waals surface area contributed by atoms with E-state index in [1.165, 1.54) is 7.11 Å². The fraction of sp³-hybridized carbons (Fsp3) is 0.308. The molecule has 1 aromatic heterocycles. The van der Waals surface area contributed by atoms with E-state index in [1.807, 2.05) is 0 Å². The average Bonchev–Trinajstić information content (AvgIpc) is 2.93. The summed E-state index contributed by atoms with van der Waals surface area (Å²) >= 11 is 0. The van der Waals surface area contributed by atoms with Gasteiger partial charge >= 0.3 is 5.97 Å². The number of rotatable bonds is 6. The second-order valence-electron chi connectivity index (χ2n) is 3.96. The van der Waals surface area contributed by atoms with Crippen LogP contribution in [-0.2, 0) is 11.2 Å². The molecule has 2 rings (SSSR count). The van der Waals surface area contributed by atoms with Gasteiger partial charge in [0.05, 0.1) is 26.2 Å². The Morgan fingerprint density at radius 2 is 2.10 bits per heavy atom. The number of hydrogen-bond acceptors (Lipinski definition) is 6. The predicted octanol–water partition coefficient (Wildman–Crippen LogP) is 1.77. The van der Waals surface area contributed by atoms with Crippen molar-refractivity contribution >= 4 is 5.97 Å². The molecule has 0 aliphatic heterocycles. The Labute approximate surface area is 115 Å². The van der Waals surface area contributed by atoms with Gasteiger partial charge in [-0.3, -0.25) is 4.79 Å². The Hall–Kier alpha value is -2.57. The molecule has 0 aliphatic rings. The first-order valence-corrected chi connectivity index (χ1v) is 5.90. The van der Waals surface area contributed by atoms with E-state index in [4.69, 9.17) is 19.0 Å². The van der Waals surface area contributed by atoms with E-state index in [0.717, 1.165) is 0 Å². The van der Waals surface area contributed by atoms with Crippen LogP contribution in [0.4, 0.5) is 0 Å². The maximum Gasteiger partial charge on any atom is 0.303 e. The van der Waals surface area contributed by atoms with Gasteiger partial charge in [-0.05, 0) is 12.1 Å². The minimum atomic E-state index is -0.910. The van der Waals surface area contributed by atoms with Crippen molar-refractivity contribution in [3.8, 4) is 23.0 Å². The second kappa shape index (κ2) is 6.05. The molecule has 7 nitrogen and oxygen atoms in total. The third-order valence-corrected chi connectivity index (χ3v) is 2.66. The molecule has 2 aromatic rings. The van der Waals surface area contributed by atoms with Crippen LogP contribution in [0.5, 0.6) is 11.5 Å². The van der Waals surface area contributed by atoms with Gasteiger partial charge < -0.3 is 19.0 Å². The third kappa shape index (κ3) is 3.05. The van der Waals surface area contributed by atoms with Crippen LogP contribution in [0, 0.1) is 0 Å². The summed E-state index contributed by atoms with van der Waals surface area (Å²) in [6, 6.07) is 5.20. The van der Waals surface area contributed by atoms with E-state index in [-0.39, 0.29) is 24.6 Å². The smallest absolute Gasteiger partial charge is 0.303 e. The summed E-state index contributed by atoms with van der Waals surface area (Å²) in [6.45, 7) is 0. The minimum absolute atomic E-state index is 0.0542. The van der Waals surface area contributed by atoms with E-state index in [9.17, 15) is 4.79 Å². The summed E-state index contributed by atoms with van der Waals surface area (Å²) in [4.78, 5) is 10.5. The largest absolute Gasteiger partial charge is 0.497 e. The van der Waals surface area contributed by atoms with E-state index in [2.05, 4.69) is 10.2 Å². The molecule has 1 aromatic carbocycles. The second-order valence-corrected chi connectivity index (χ2v) is 3.96. The number of carbonyl (C=O) groups is 1. The molecule has 1 N–H and O–H groups in total. The molecule has 106 valence electrons. The van der Waals surface area contributed by atoms with E-state index in [0.29, 0.717) is 17.1 Å². The molecule has 1 heterocycles. The van der Waals surface area contributed by atoms with Gasteiger partial charge in [0.1, 0.15) is 11.5 Å². The van der Waals surface area contributed by atoms with Gasteiger partial charge in [0.15, 0.2) is 0 Å². The van der Waals surface area contributed by atoms with Gasteiger partial charge in [0.25, 0.3) is 5.89 Å². The molecular weight excluding hydrogens is 264 g/mol. The van der Waals surface area contributed by atoms with Crippen molar-refractivity contribution in [2.75, 3.05) is 14.2 Å². The van der Waals surface area contributed by atoms with Gasteiger partial charge in [0.2, 0.25) is 5.89 Å². The van der Waals surface area contributed by atoms with E-state index < -0.39 is 5.97 Å². The van der Waals surface area contributed by atoms with Crippen LogP contribution in [0.1, 0.15) is 12.3 Å². The number of aryl methyl sites for hydroxylation is 1. The molecule has 20 heavy (non-hydrogen) atoms. The average molecular weight is 278 g/mol. The highest BCUT2D eigenvalue weighted by Gasteiger charge is 2.15. The summed E-state index contributed by atoms with van der Waals surface area (Å²) in [6.07, 6.45) is 0.141. The predicted molar refractivity (Wildman–Crippen MR) is 68.8 cm³/mol. The molecule has 0 bridgehead atoms. The first-order valence-electron chi connectivity index (χ1n) is 5.90. The highest BCUT2D eigenvalue weighted by Crippen LogP contribution is 2.32. The lowest BCUT2D eigenvalue weighted by Gasteiger charge is -2.07. The molecular formula is C13H14N2O5. The Balaban J connectivity index is 2.25. The summed E-state index contributed by atoms with van der Waals surface area (Å²) in [5.74, 6) is 0.839. The van der Waals surface area contributed by atoms with E-state index in [1.54, 1.807) is 25.3 Å². The lowest BCUT2D eigenvalue weighted by atomic mass is 10.2. The molecule has 0 aliphatic carbocycles. The molecule has 0 radical (unpaired) electrons. The van der Waals surface area contributed by atoms with E-state index >= 15 is 0 Å². The van der Waals surface area contributed by atoms with Crippen LogP contribution in [0.3, 0.4) is 0 Å². The van der Waals surface area contributed by atoms with Crippen LogP contribution in [-0.4, -0.2) is 35.5 Å². The Morgan fingerprint density at radius 3 is 2.75 bits per heavy atom. The topological polar surface area (TPSA) is 94.7 Å². The number of methoxy groups -OCH3 is 2. The number of ether oxygens (including phenoxy) is 2. The highest BCUT2D eigenvalue weighted by atomic mass is 16.5.